The van der Waals surface area contributed by atoms with E-state index in [9.17, 15) is 5.11 Å². The highest BCUT2D eigenvalue weighted by Gasteiger charge is 1.97. The lowest BCUT2D eigenvalue weighted by molar-refractivity contribution is 0.340. The van der Waals surface area contributed by atoms with E-state index in [1.807, 2.05) is 31.2 Å². The van der Waals surface area contributed by atoms with Crippen molar-refractivity contribution in [1.29, 1.82) is 0 Å². The van der Waals surface area contributed by atoms with Gasteiger partial charge in [-0.15, -0.1) is 5.11 Å². The van der Waals surface area contributed by atoms with E-state index in [1.54, 1.807) is 24.3 Å². The lowest BCUT2D eigenvalue weighted by atomic mass is 10.3. The Balaban J connectivity index is 2.12. The molecule has 0 radical (unpaired) electrons. The molecule has 2 aromatic carbocycles. The van der Waals surface area contributed by atoms with E-state index in [1.165, 1.54) is 0 Å². The molecule has 0 unspecified atom stereocenters. The maximum Gasteiger partial charge on any atom is 0.143 e. The molecule has 92 valence electrons. The van der Waals surface area contributed by atoms with Crippen molar-refractivity contribution in [2.75, 3.05) is 6.61 Å². The summed E-state index contributed by atoms with van der Waals surface area (Å²) in [6, 6.07) is 14.1. The van der Waals surface area contributed by atoms with E-state index in [2.05, 4.69) is 10.2 Å². The van der Waals surface area contributed by atoms with Crippen molar-refractivity contribution in [2.24, 2.45) is 10.2 Å². The first-order valence-corrected chi connectivity index (χ1v) is 5.72. The molecule has 0 aliphatic heterocycles. The highest BCUT2D eigenvalue weighted by Crippen LogP contribution is 2.27. The second-order valence-electron chi connectivity index (χ2n) is 3.62. The molecule has 0 amide bonds. The molecule has 0 aromatic heterocycles. The zero-order chi connectivity index (χ0) is 12.8. The van der Waals surface area contributed by atoms with Gasteiger partial charge in [-0.05, 0) is 43.3 Å². The van der Waals surface area contributed by atoms with E-state index in [0.29, 0.717) is 18.0 Å². The summed E-state index contributed by atoms with van der Waals surface area (Å²) in [5.74, 6) is 0.922. The number of nitrogens with zero attached hydrogens (tertiary/aromatic N) is 2. The summed E-state index contributed by atoms with van der Waals surface area (Å²) in [6.07, 6.45) is 0. The van der Waals surface area contributed by atoms with Gasteiger partial charge in [0.2, 0.25) is 0 Å². The van der Waals surface area contributed by atoms with Crippen molar-refractivity contribution >= 4 is 11.4 Å². The van der Waals surface area contributed by atoms with Crippen LogP contribution < -0.4 is 4.74 Å². The fourth-order valence-corrected chi connectivity index (χ4v) is 1.44. The van der Waals surface area contributed by atoms with Gasteiger partial charge >= 0.3 is 0 Å². The molecule has 2 aromatic rings. The number of ether oxygens (including phenoxy) is 1. The first-order chi connectivity index (χ1) is 8.79. The zero-order valence-electron chi connectivity index (χ0n) is 10.1. The van der Waals surface area contributed by atoms with Crippen molar-refractivity contribution < 1.29 is 9.84 Å². The molecule has 2 rings (SSSR count). The van der Waals surface area contributed by atoms with Crippen LogP contribution in [0.4, 0.5) is 11.4 Å². The van der Waals surface area contributed by atoms with Crippen molar-refractivity contribution in [3.63, 3.8) is 0 Å². The molecule has 0 spiro atoms. The number of phenolic OH excluding ortho intramolecular Hbond substituents is 1. The average molecular weight is 242 g/mol. The summed E-state index contributed by atoms with van der Waals surface area (Å²) >= 11 is 0. The van der Waals surface area contributed by atoms with Crippen molar-refractivity contribution in [3.05, 3.63) is 48.5 Å². The number of rotatable bonds is 4. The Morgan fingerprint density at radius 2 is 1.72 bits per heavy atom. The highest BCUT2D eigenvalue weighted by atomic mass is 16.5. The number of benzene rings is 2. The van der Waals surface area contributed by atoms with Crippen LogP contribution >= 0.6 is 0 Å². The van der Waals surface area contributed by atoms with Crippen molar-refractivity contribution in [2.45, 2.75) is 6.92 Å². The third-order valence-electron chi connectivity index (χ3n) is 2.30. The topological polar surface area (TPSA) is 54.2 Å². The number of phenols is 1. The van der Waals surface area contributed by atoms with Crippen molar-refractivity contribution in [3.8, 4) is 11.5 Å². The number of azo groups is 1. The lowest BCUT2D eigenvalue weighted by Gasteiger charge is -2.01. The van der Waals surface area contributed by atoms with Gasteiger partial charge in [0.25, 0.3) is 0 Å². The predicted octanol–water partition coefficient (Wildman–Crippen LogP) is 4.21. The summed E-state index contributed by atoms with van der Waals surface area (Å²) < 4.78 is 5.33. The molecule has 0 saturated heterocycles. The zero-order valence-corrected chi connectivity index (χ0v) is 10.1. The van der Waals surface area contributed by atoms with Gasteiger partial charge in [-0.1, -0.05) is 12.1 Å². The molecular weight excluding hydrogens is 228 g/mol. The number of aromatic hydroxyl groups is 1. The number of para-hydroxylation sites is 1. The minimum Gasteiger partial charge on any atom is -0.506 e. The molecule has 0 saturated carbocycles. The van der Waals surface area contributed by atoms with Gasteiger partial charge in [-0.25, -0.2) is 0 Å². The normalized spacial score (nSPS) is 10.7. The molecule has 0 heterocycles. The van der Waals surface area contributed by atoms with Gasteiger partial charge in [0.05, 0.1) is 12.3 Å². The van der Waals surface area contributed by atoms with Crippen LogP contribution in [0.1, 0.15) is 6.92 Å². The SMILES string of the molecule is CCOc1ccc(N=Nc2ccccc2O)cc1. The van der Waals surface area contributed by atoms with Crippen LogP contribution in [0.15, 0.2) is 58.8 Å². The number of hydrogen-bond acceptors (Lipinski definition) is 4. The smallest absolute Gasteiger partial charge is 0.143 e. The maximum atomic E-state index is 9.53. The van der Waals surface area contributed by atoms with Crippen LogP contribution in [0.3, 0.4) is 0 Å². The summed E-state index contributed by atoms with van der Waals surface area (Å²) in [4.78, 5) is 0. The summed E-state index contributed by atoms with van der Waals surface area (Å²) in [7, 11) is 0. The summed E-state index contributed by atoms with van der Waals surface area (Å²) in [6.45, 7) is 2.57. The minimum absolute atomic E-state index is 0.118. The van der Waals surface area contributed by atoms with Crippen LogP contribution in [-0.4, -0.2) is 11.7 Å². The van der Waals surface area contributed by atoms with Gasteiger partial charge < -0.3 is 9.84 Å². The Morgan fingerprint density at radius 1 is 1.00 bits per heavy atom. The molecule has 0 aliphatic rings. The first kappa shape index (κ1) is 12.1. The Bertz CT molecular complexity index is 536. The predicted molar refractivity (Wildman–Crippen MR) is 69.9 cm³/mol. The second-order valence-corrected chi connectivity index (χ2v) is 3.62. The Kier molecular flexibility index (Phi) is 3.91. The van der Waals surface area contributed by atoms with Crippen LogP contribution in [0, 0.1) is 0 Å². The Morgan fingerprint density at radius 3 is 2.39 bits per heavy atom. The van der Waals surface area contributed by atoms with E-state index < -0.39 is 0 Å². The highest BCUT2D eigenvalue weighted by molar-refractivity contribution is 5.50. The Hall–Kier alpha value is -2.36. The first-order valence-electron chi connectivity index (χ1n) is 5.72. The third-order valence-corrected chi connectivity index (χ3v) is 2.30. The number of hydrogen-bond donors (Lipinski definition) is 1. The molecule has 0 bridgehead atoms. The van der Waals surface area contributed by atoms with Crippen LogP contribution in [0.2, 0.25) is 0 Å². The van der Waals surface area contributed by atoms with E-state index in [0.717, 1.165) is 5.75 Å². The molecule has 18 heavy (non-hydrogen) atoms. The lowest BCUT2D eigenvalue weighted by Crippen LogP contribution is -1.89. The molecular formula is C14H14N2O2. The molecule has 0 atom stereocenters. The van der Waals surface area contributed by atoms with Gasteiger partial charge in [-0.3, -0.25) is 0 Å². The van der Waals surface area contributed by atoms with Crippen LogP contribution in [0.5, 0.6) is 11.5 Å². The van der Waals surface area contributed by atoms with E-state index in [-0.39, 0.29) is 5.75 Å². The molecule has 0 fully saturated rings. The van der Waals surface area contributed by atoms with Crippen molar-refractivity contribution in [1.82, 2.24) is 0 Å². The largest absolute Gasteiger partial charge is 0.506 e. The standard InChI is InChI=1S/C14H14N2O2/c1-2-18-12-9-7-11(8-10-12)15-16-13-5-3-4-6-14(13)17/h3-10,17H,2H2,1H3. The summed E-state index contributed by atoms with van der Waals surface area (Å²) in [5, 5.41) is 17.6. The quantitative estimate of drug-likeness (QED) is 0.816. The van der Waals surface area contributed by atoms with Crippen LogP contribution in [0.25, 0.3) is 0 Å². The minimum atomic E-state index is 0.118. The van der Waals surface area contributed by atoms with E-state index >= 15 is 0 Å². The van der Waals surface area contributed by atoms with Gasteiger partial charge in [0.15, 0.2) is 0 Å². The maximum absolute atomic E-state index is 9.53. The molecule has 0 aliphatic carbocycles. The van der Waals surface area contributed by atoms with Crippen LogP contribution in [-0.2, 0) is 0 Å². The van der Waals surface area contributed by atoms with E-state index in [4.69, 9.17) is 4.74 Å². The second kappa shape index (κ2) is 5.82. The van der Waals surface area contributed by atoms with Gasteiger partial charge in [0.1, 0.15) is 17.2 Å². The fraction of sp³-hybridized carbons (Fsp3) is 0.143. The third kappa shape index (κ3) is 3.07. The fourth-order valence-electron chi connectivity index (χ4n) is 1.44. The molecule has 4 heteroatoms. The van der Waals surface area contributed by atoms with Gasteiger partial charge in [-0.2, -0.15) is 5.11 Å². The van der Waals surface area contributed by atoms with Gasteiger partial charge in [0, 0.05) is 0 Å². The molecule has 1 N–H and O–H groups in total. The molecule has 4 nitrogen and oxygen atoms in total. The Labute approximate surface area is 106 Å². The summed E-state index contributed by atoms with van der Waals surface area (Å²) in [5.41, 5.74) is 1.16. The average Bonchev–Trinajstić information content (AvgIpc) is 2.40. The monoisotopic (exact) mass is 242 g/mol.